The van der Waals surface area contributed by atoms with Crippen LogP contribution in [-0.4, -0.2) is 40.6 Å². The SMILES string of the molecule is CCCC1(CNC(=O)N(CCC(=O)O)C(C)(C)C)CC1. The van der Waals surface area contributed by atoms with Crippen LogP contribution in [0, 0.1) is 5.41 Å². The van der Waals surface area contributed by atoms with Crippen molar-refractivity contribution >= 4 is 12.0 Å². The van der Waals surface area contributed by atoms with Crippen molar-refractivity contribution in [2.24, 2.45) is 5.41 Å². The van der Waals surface area contributed by atoms with E-state index in [9.17, 15) is 9.59 Å². The van der Waals surface area contributed by atoms with Crippen LogP contribution >= 0.6 is 0 Å². The minimum Gasteiger partial charge on any atom is -0.481 e. The number of aliphatic carboxylic acids is 1. The topological polar surface area (TPSA) is 69.6 Å². The number of nitrogens with zero attached hydrogens (tertiary/aromatic N) is 1. The van der Waals surface area contributed by atoms with E-state index >= 15 is 0 Å². The predicted octanol–water partition coefficient (Wildman–Crippen LogP) is 2.85. The molecule has 2 N–H and O–H groups in total. The Morgan fingerprint density at radius 3 is 2.30 bits per heavy atom. The lowest BCUT2D eigenvalue weighted by Crippen LogP contribution is -2.52. The third-order valence-corrected chi connectivity index (χ3v) is 3.96. The number of nitrogens with one attached hydrogen (secondary N) is 1. The summed E-state index contributed by atoms with van der Waals surface area (Å²) in [7, 11) is 0. The van der Waals surface area contributed by atoms with Gasteiger partial charge in [0.15, 0.2) is 0 Å². The Kier molecular flexibility index (Phi) is 5.42. The second kappa shape index (κ2) is 6.46. The molecule has 116 valence electrons. The monoisotopic (exact) mass is 284 g/mol. The molecule has 1 saturated carbocycles. The van der Waals surface area contributed by atoms with Crippen LogP contribution in [0.25, 0.3) is 0 Å². The molecule has 1 aliphatic rings. The minimum absolute atomic E-state index is 0.0230. The summed E-state index contributed by atoms with van der Waals surface area (Å²) in [5, 5.41) is 11.8. The zero-order valence-electron chi connectivity index (χ0n) is 13.2. The zero-order valence-corrected chi connectivity index (χ0v) is 13.2. The number of carboxylic acids is 1. The maximum absolute atomic E-state index is 12.3. The lowest BCUT2D eigenvalue weighted by atomic mass is 10.0. The van der Waals surface area contributed by atoms with Crippen LogP contribution in [0.3, 0.4) is 0 Å². The molecule has 0 radical (unpaired) electrons. The largest absolute Gasteiger partial charge is 0.481 e. The molecule has 20 heavy (non-hydrogen) atoms. The Labute approximate surface area is 121 Å². The number of carbonyl (C=O) groups is 2. The van der Waals surface area contributed by atoms with Crippen molar-refractivity contribution in [1.29, 1.82) is 0 Å². The molecule has 0 saturated heterocycles. The van der Waals surface area contributed by atoms with Crippen LogP contribution < -0.4 is 5.32 Å². The van der Waals surface area contributed by atoms with Crippen molar-refractivity contribution < 1.29 is 14.7 Å². The Balaban J connectivity index is 2.53. The lowest BCUT2D eigenvalue weighted by Gasteiger charge is -2.35. The van der Waals surface area contributed by atoms with Crippen molar-refractivity contribution in [3.63, 3.8) is 0 Å². The van der Waals surface area contributed by atoms with Crippen molar-refractivity contribution in [2.45, 2.75) is 65.3 Å². The summed E-state index contributed by atoms with van der Waals surface area (Å²) in [6.07, 6.45) is 4.64. The standard InChI is InChI=1S/C15H28N2O3/c1-5-7-15(8-9-15)11-16-13(20)17(14(2,3)4)10-6-12(18)19/h5-11H2,1-4H3,(H,16,20)(H,18,19). The van der Waals surface area contributed by atoms with Crippen LogP contribution in [0.4, 0.5) is 4.79 Å². The number of urea groups is 1. The van der Waals surface area contributed by atoms with Gasteiger partial charge in [0.2, 0.25) is 0 Å². The van der Waals surface area contributed by atoms with Gasteiger partial charge in [-0.2, -0.15) is 0 Å². The van der Waals surface area contributed by atoms with Crippen molar-refractivity contribution in [3.05, 3.63) is 0 Å². The molecule has 0 bridgehead atoms. The Morgan fingerprint density at radius 1 is 1.30 bits per heavy atom. The highest BCUT2D eigenvalue weighted by Gasteiger charge is 2.42. The Morgan fingerprint density at radius 2 is 1.90 bits per heavy atom. The molecule has 5 nitrogen and oxygen atoms in total. The van der Waals surface area contributed by atoms with Crippen LogP contribution in [0.15, 0.2) is 0 Å². The fraction of sp³-hybridized carbons (Fsp3) is 0.867. The summed E-state index contributed by atoms with van der Waals surface area (Å²) < 4.78 is 0. The van der Waals surface area contributed by atoms with Gasteiger partial charge in [0.1, 0.15) is 0 Å². The third kappa shape index (κ3) is 5.02. The first kappa shape index (κ1) is 16.8. The molecule has 0 aromatic heterocycles. The van der Waals surface area contributed by atoms with Crippen LogP contribution in [-0.2, 0) is 4.79 Å². The summed E-state index contributed by atoms with van der Waals surface area (Å²) in [5.41, 5.74) is -0.0677. The van der Waals surface area contributed by atoms with E-state index in [1.165, 1.54) is 12.8 Å². The van der Waals surface area contributed by atoms with Gasteiger partial charge in [0.05, 0.1) is 6.42 Å². The second-order valence-electron chi connectivity index (χ2n) is 6.87. The average Bonchev–Trinajstić information content (AvgIpc) is 3.05. The molecule has 0 aliphatic heterocycles. The molecule has 0 spiro atoms. The molecule has 0 aromatic rings. The van der Waals surface area contributed by atoms with Crippen LogP contribution in [0.2, 0.25) is 0 Å². The lowest BCUT2D eigenvalue weighted by molar-refractivity contribution is -0.137. The van der Waals surface area contributed by atoms with Gasteiger partial charge in [-0.3, -0.25) is 4.79 Å². The number of hydrogen-bond donors (Lipinski definition) is 2. The normalized spacial score (nSPS) is 16.6. The quantitative estimate of drug-likeness (QED) is 0.755. The summed E-state index contributed by atoms with van der Waals surface area (Å²) in [6, 6.07) is -0.152. The van der Waals surface area contributed by atoms with Gasteiger partial charge < -0.3 is 15.3 Å². The van der Waals surface area contributed by atoms with E-state index < -0.39 is 5.97 Å². The highest BCUT2D eigenvalue weighted by atomic mass is 16.4. The summed E-state index contributed by atoms with van der Waals surface area (Å²) in [6.45, 7) is 8.88. The van der Waals surface area contributed by atoms with Gasteiger partial charge >= 0.3 is 12.0 Å². The van der Waals surface area contributed by atoms with Gasteiger partial charge in [-0.25, -0.2) is 4.79 Å². The van der Waals surface area contributed by atoms with E-state index in [0.717, 1.165) is 12.8 Å². The summed E-state index contributed by atoms with van der Waals surface area (Å²) >= 11 is 0. The van der Waals surface area contributed by atoms with Gasteiger partial charge in [-0.05, 0) is 45.4 Å². The molecule has 0 atom stereocenters. The molecule has 1 aliphatic carbocycles. The van der Waals surface area contributed by atoms with E-state index in [0.29, 0.717) is 12.0 Å². The van der Waals surface area contributed by atoms with E-state index in [4.69, 9.17) is 5.11 Å². The van der Waals surface area contributed by atoms with E-state index in [1.807, 2.05) is 20.8 Å². The van der Waals surface area contributed by atoms with E-state index in [1.54, 1.807) is 4.90 Å². The molecule has 1 rings (SSSR count). The van der Waals surface area contributed by atoms with Gasteiger partial charge in [0.25, 0.3) is 0 Å². The van der Waals surface area contributed by atoms with Crippen LogP contribution in [0.5, 0.6) is 0 Å². The molecule has 0 heterocycles. The average molecular weight is 284 g/mol. The number of carbonyl (C=O) groups excluding carboxylic acids is 1. The van der Waals surface area contributed by atoms with Crippen molar-refractivity contribution in [1.82, 2.24) is 10.2 Å². The minimum atomic E-state index is -0.878. The number of rotatable bonds is 7. The molecular formula is C15H28N2O3. The van der Waals surface area contributed by atoms with Gasteiger partial charge in [0, 0.05) is 18.6 Å². The maximum Gasteiger partial charge on any atom is 0.317 e. The fourth-order valence-corrected chi connectivity index (χ4v) is 2.53. The van der Waals surface area contributed by atoms with Crippen molar-refractivity contribution in [3.8, 4) is 0 Å². The zero-order chi connectivity index (χ0) is 15.4. The first-order valence-corrected chi connectivity index (χ1v) is 7.47. The maximum atomic E-state index is 12.3. The van der Waals surface area contributed by atoms with E-state index in [2.05, 4.69) is 12.2 Å². The molecule has 0 aromatic carbocycles. The second-order valence-corrected chi connectivity index (χ2v) is 6.87. The molecule has 1 fully saturated rings. The first-order chi connectivity index (χ1) is 9.20. The van der Waals surface area contributed by atoms with Crippen molar-refractivity contribution in [2.75, 3.05) is 13.1 Å². The summed E-state index contributed by atoms with van der Waals surface area (Å²) in [5.74, 6) is -0.878. The van der Waals surface area contributed by atoms with Crippen LogP contribution in [0.1, 0.15) is 59.8 Å². The van der Waals surface area contributed by atoms with E-state index in [-0.39, 0.29) is 24.5 Å². The number of amides is 2. The Hall–Kier alpha value is -1.26. The smallest absolute Gasteiger partial charge is 0.317 e. The highest BCUT2D eigenvalue weighted by molar-refractivity contribution is 5.76. The number of hydrogen-bond acceptors (Lipinski definition) is 2. The molecular weight excluding hydrogens is 256 g/mol. The predicted molar refractivity (Wildman–Crippen MR) is 78.7 cm³/mol. The molecule has 0 unspecified atom stereocenters. The fourth-order valence-electron chi connectivity index (χ4n) is 2.53. The Bertz CT molecular complexity index is 357. The summed E-state index contributed by atoms with van der Waals surface area (Å²) in [4.78, 5) is 24.6. The molecule has 2 amide bonds. The number of carboxylic acid groups (broad SMARTS) is 1. The third-order valence-electron chi connectivity index (χ3n) is 3.96. The molecule has 5 heteroatoms. The van der Waals surface area contributed by atoms with Gasteiger partial charge in [-0.1, -0.05) is 13.3 Å². The van der Waals surface area contributed by atoms with Gasteiger partial charge in [-0.15, -0.1) is 0 Å². The first-order valence-electron chi connectivity index (χ1n) is 7.47. The highest BCUT2D eigenvalue weighted by Crippen LogP contribution is 2.48.